The van der Waals surface area contributed by atoms with E-state index in [0.29, 0.717) is 13.0 Å². The van der Waals surface area contributed by atoms with Gasteiger partial charge in [-0.15, -0.1) is 0 Å². The predicted octanol–water partition coefficient (Wildman–Crippen LogP) is 1.49. The van der Waals surface area contributed by atoms with Crippen LogP contribution in [0.3, 0.4) is 0 Å². The summed E-state index contributed by atoms with van der Waals surface area (Å²) in [6.45, 7) is 4.68. The molecule has 2 rings (SSSR count). The number of hydrogen-bond acceptors (Lipinski definition) is 2. The molecule has 1 fully saturated rings. The first-order valence-corrected chi connectivity index (χ1v) is 6.80. The minimum atomic E-state index is -0.365. The molecule has 1 unspecified atom stereocenters. The van der Waals surface area contributed by atoms with Crippen molar-refractivity contribution < 1.29 is 9.59 Å². The van der Waals surface area contributed by atoms with E-state index in [1.807, 2.05) is 19.1 Å². The molecule has 1 aliphatic heterocycles. The first-order chi connectivity index (χ1) is 9.13. The highest BCUT2D eigenvalue weighted by Gasteiger charge is 2.31. The Morgan fingerprint density at radius 1 is 1.16 bits per heavy atom. The van der Waals surface area contributed by atoms with Crippen molar-refractivity contribution in [1.82, 2.24) is 10.2 Å². The quantitative estimate of drug-likeness (QED) is 0.891. The standard InChI is InChI=1S/C15H20N2O2/c1-3-11-5-7-12(8-6-11)9-17-10-14(18)16-13(4-2)15(17)19/h5-8,13H,3-4,9-10H2,1-2H3,(H,16,18). The average molecular weight is 260 g/mol. The molecule has 19 heavy (non-hydrogen) atoms. The summed E-state index contributed by atoms with van der Waals surface area (Å²) in [4.78, 5) is 25.3. The highest BCUT2D eigenvalue weighted by Crippen LogP contribution is 2.12. The van der Waals surface area contributed by atoms with Gasteiger partial charge < -0.3 is 10.2 Å². The van der Waals surface area contributed by atoms with Gasteiger partial charge >= 0.3 is 0 Å². The molecule has 1 heterocycles. The van der Waals surface area contributed by atoms with Crippen molar-refractivity contribution in [2.75, 3.05) is 6.54 Å². The summed E-state index contributed by atoms with van der Waals surface area (Å²) < 4.78 is 0. The number of benzene rings is 1. The highest BCUT2D eigenvalue weighted by atomic mass is 16.2. The van der Waals surface area contributed by atoms with E-state index in [9.17, 15) is 9.59 Å². The Morgan fingerprint density at radius 2 is 1.79 bits per heavy atom. The Kier molecular flexibility index (Phi) is 4.20. The number of amides is 2. The lowest BCUT2D eigenvalue weighted by Crippen LogP contribution is -2.57. The van der Waals surface area contributed by atoms with E-state index in [-0.39, 0.29) is 24.4 Å². The first kappa shape index (κ1) is 13.6. The van der Waals surface area contributed by atoms with Crippen molar-refractivity contribution in [3.05, 3.63) is 35.4 Å². The molecule has 4 nitrogen and oxygen atoms in total. The molecule has 1 saturated heterocycles. The number of carbonyl (C=O) groups is 2. The highest BCUT2D eigenvalue weighted by molar-refractivity contribution is 5.94. The topological polar surface area (TPSA) is 49.4 Å². The van der Waals surface area contributed by atoms with Gasteiger partial charge in [-0.25, -0.2) is 0 Å². The van der Waals surface area contributed by atoms with Crippen LogP contribution in [0.4, 0.5) is 0 Å². The molecule has 0 bridgehead atoms. The number of rotatable bonds is 4. The SMILES string of the molecule is CCc1ccc(CN2CC(=O)NC(CC)C2=O)cc1. The van der Waals surface area contributed by atoms with Crippen molar-refractivity contribution in [2.24, 2.45) is 0 Å². The van der Waals surface area contributed by atoms with Gasteiger partial charge in [-0.3, -0.25) is 9.59 Å². The average Bonchev–Trinajstić information content (AvgIpc) is 2.43. The van der Waals surface area contributed by atoms with E-state index < -0.39 is 0 Å². The summed E-state index contributed by atoms with van der Waals surface area (Å²) in [6, 6.07) is 7.83. The first-order valence-electron chi connectivity index (χ1n) is 6.80. The Bertz CT molecular complexity index is 468. The molecule has 2 amide bonds. The lowest BCUT2D eigenvalue weighted by molar-refractivity contribution is -0.144. The molecule has 0 aliphatic carbocycles. The lowest BCUT2D eigenvalue weighted by Gasteiger charge is -2.32. The van der Waals surface area contributed by atoms with Crippen molar-refractivity contribution >= 4 is 11.8 Å². The second-order valence-corrected chi connectivity index (χ2v) is 4.89. The molecule has 1 aliphatic rings. The number of hydrogen-bond donors (Lipinski definition) is 1. The number of piperazine rings is 1. The molecule has 0 radical (unpaired) electrons. The van der Waals surface area contributed by atoms with Gasteiger partial charge in [0.25, 0.3) is 0 Å². The van der Waals surface area contributed by atoms with Crippen LogP contribution in [-0.4, -0.2) is 29.3 Å². The maximum absolute atomic E-state index is 12.1. The summed E-state index contributed by atoms with van der Waals surface area (Å²) in [5.41, 5.74) is 2.34. The van der Waals surface area contributed by atoms with Gasteiger partial charge in [-0.1, -0.05) is 38.1 Å². The second kappa shape index (κ2) is 5.87. The second-order valence-electron chi connectivity index (χ2n) is 4.89. The van der Waals surface area contributed by atoms with Crippen LogP contribution in [-0.2, 0) is 22.6 Å². The molecule has 102 valence electrons. The monoisotopic (exact) mass is 260 g/mol. The molecular formula is C15H20N2O2. The summed E-state index contributed by atoms with van der Waals surface area (Å²) in [5, 5.41) is 2.72. The number of aryl methyl sites for hydroxylation is 1. The molecule has 1 atom stereocenters. The fraction of sp³-hybridized carbons (Fsp3) is 0.467. The summed E-state index contributed by atoms with van der Waals surface area (Å²) in [7, 11) is 0. The van der Waals surface area contributed by atoms with Crippen molar-refractivity contribution in [3.8, 4) is 0 Å². The van der Waals surface area contributed by atoms with Crippen LogP contribution in [0.1, 0.15) is 31.4 Å². The number of carbonyl (C=O) groups excluding carboxylic acids is 2. The molecule has 4 heteroatoms. The van der Waals surface area contributed by atoms with Crippen molar-refractivity contribution in [3.63, 3.8) is 0 Å². The fourth-order valence-corrected chi connectivity index (χ4v) is 2.28. The smallest absolute Gasteiger partial charge is 0.245 e. The molecule has 1 aromatic rings. The zero-order chi connectivity index (χ0) is 13.8. The Hall–Kier alpha value is -1.84. The Labute approximate surface area is 113 Å². The van der Waals surface area contributed by atoms with Crippen LogP contribution in [0, 0.1) is 0 Å². The maximum atomic E-state index is 12.1. The summed E-state index contributed by atoms with van der Waals surface area (Å²) in [5.74, 6) is -0.0571. The number of nitrogens with zero attached hydrogens (tertiary/aromatic N) is 1. The minimum absolute atomic E-state index is 0.0154. The zero-order valence-corrected chi connectivity index (χ0v) is 11.5. The van der Waals surface area contributed by atoms with E-state index in [1.54, 1.807) is 4.90 Å². The van der Waals surface area contributed by atoms with Gasteiger partial charge in [0.15, 0.2) is 0 Å². The van der Waals surface area contributed by atoms with Crippen LogP contribution in [0.5, 0.6) is 0 Å². The van der Waals surface area contributed by atoms with Gasteiger partial charge in [0.2, 0.25) is 11.8 Å². The Morgan fingerprint density at radius 3 is 2.37 bits per heavy atom. The van der Waals surface area contributed by atoms with Gasteiger partial charge in [0.1, 0.15) is 6.04 Å². The van der Waals surface area contributed by atoms with Gasteiger partial charge in [-0.05, 0) is 24.0 Å². The normalized spacial score (nSPS) is 19.5. The van der Waals surface area contributed by atoms with Crippen LogP contribution >= 0.6 is 0 Å². The van der Waals surface area contributed by atoms with Gasteiger partial charge in [-0.2, -0.15) is 0 Å². The third-order valence-corrected chi connectivity index (χ3v) is 3.49. The third kappa shape index (κ3) is 3.13. The zero-order valence-electron chi connectivity index (χ0n) is 11.5. The molecule has 0 aromatic heterocycles. The third-order valence-electron chi connectivity index (χ3n) is 3.49. The minimum Gasteiger partial charge on any atom is -0.343 e. The maximum Gasteiger partial charge on any atom is 0.245 e. The van der Waals surface area contributed by atoms with Crippen molar-refractivity contribution in [1.29, 1.82) is 0 Å². The van der Waals surface area contributed by atoms with Crippen molar-refractivity contribution in [2.45, 2.75) is 39.3 Å². The molecular weight excluding hydrogens is 240 g/mol. The van der Waals surface area contributed by atoms with Crippen LogP contribution in [0.25, 0.3) is 0 Å². The lowest BCUT2D eigenvalue weighted by atomic mass is 10.1. The molecule has 0 spiro atoms. The summed E-state index contributed by atoms with van der Waals surface area (Å²) in [6.07, 6.45) is 1.64. The van der Waals surface area contributed by atoms with Crippen LogP contribution < -0.4 is 5.32 Å². The Balaban J connectivity index is 2.07. The van der Waals surface area contributed by atoms with Gasteiger partial charge in [0.05, 0.1) is 6.54 Å². The van der Waals surface area contributed by atoms with E-state index in [0.717, 1.165) is 12.0 Å². The van der Waals surface area contributed by atoms with Crippen LogP contribution in [0.15, 0.2) is 24.3 Å². The van der Waals surface area contributed by atoms with E-state index in [4.69, 9.17) is 0 Å². The van der Waals surface area contributed by atoms with E-state index in [1.165, 1.54) is 5.56 Å². The number of nitrogens with one attached hydrogen (secondary N) is 1. The molecule has 1 aromatic carbocycles. The largest absolute Gasteiger partial charge is 0.343 e. The van der Waals surface area contributed by atoms with E-state index >= 15 is 0 Å². The predicted molar refractivity (Wildman–Crippen MR) is 73.5 cm³/mol. The molecule has 0 saturated carbocycles. The van der Waals surface area contributed by atoms with Crippen LogP contribution in [0.2, 0.25) is 0 Å². The fourth-order valence-electron chi connectivity index (χ4n) is 2.28. The van der Waals surface area contributed by atoms with E-state index in [2.05, 4.69) is 24.4 Å². The summed E-state index contributed by atoms with van der Waals surface area (Å²) >= 11 is 0. The molecule has 1 N–H and O–H groups in total. The van der Waals surface area contributed by atoms with Gasteiger partial charge in [0, 0.05) is 6.54 Å².